The molecule has 0 N–H and O–H groups in total. The van der Waals surface area contributed by atoms with Gasteiger partial charge in [0, 0.05) is 5.75 Å². The highest BCUT2D eigenvalue weighted by Crippen LogP contribution is 2.17. The van der Waals surface area contributed by atoms with E-state index in [1.807, 2.05) is 0 Å². The maximum absolute atomic E-state index is 10.7. The van der Waals surface area contributed by atoms with Gasteiger partial charge in [-0.15, -0.1) is 23.4 Å². The Balaban J connectivity index is 2.19. The molecule has 1 saturated heterocycles. The first-order valence-electron chi connectivity index (χ1n) is 3.27. The van der Waals surface area contributed by atoms with Crippen LogP contribution in [0.25, 0.3) is 0 Å². The van der Waals surface area contributed by atoms with Crippen LogP contribution in [0, 0.1) is 0 Å². The third-order valence-corrected chi connectivity index (χ3v) is 2.38. The summed E-state index contributed by atoms with van der Waals surface area (Å²) in [7, 11) is 0. The average Bonchev–Trinajstić information content (AvgIpc) is 2.06. The third-order valence-electron chi connectivity index (χ3n) is 1.16. The second kappa shape index (κ2) is 4.85. The average molecular weight is 197 g/mol. The number of esters is 1. The molecule has 0 saturated carbocycles. The molecule has 1 aliphatic rings. The Morgan fingerprint density at radius 1 is 1.82 bits per heavy atom. The number of alkyl halides is 1. The molecule has 0 aromatic carbocycles. The summed E-state index contributed by atoms with van der Waals surface area (Å²) in [6.45, 7) is 1.22. The van der Waals surface area contributed by atoms with Gasteiger partial charge in [0.1, 0.15) is 5.88 Å². The van der Waals surface area contributed by atoms with Gasteiger partial charge in [0.05, 0.1) is 13.2 Å². The van der Waals surface area contributed by atoms with Gasteiger partial charge in [-0.3, -0.25) is 4.79 Å². The van der Waals surface area contributed by atoms with Crippen molar-refractivity contribution < 1.29 is 14.3 Å². The summed E-state index contributed by atoms with van der Waals surface area (Å²) >= 11 is 6.83. The Hall–Kier alpha value is 0.0700. The minimum atomic E-state index is -0.380. The molecule has 1 heterocycles. The molecule has 5 heteroatoms. The lowest BCUT2D eigenvalue weighted by Gasteiger charge is -2.21. The van der Waals surface area contributed by atoms with Gasteiger partial charge in [0.25, 0.3) is 0 Å². The van der Waals surface area contributed by atoms with Crippen LogP contribution in [-0.2, 0) is 14.3 Å². The smallest absolute Gasteiger partial charge is 0.322 e. The van der Waals surface area contributed by atoms with Crippen LogP contribution in [0.2, 0.25) is 0 Å². The van der Waals surface area contributed by atoms with Gasteiger partial charge in [-0.1, -0.05) is 0 Å². The maximum atomic E-state index is 10.7. The van der Waals surface area contributed by atoms with Crippen molar-refractivity contribution >= 4 is 29.3 Å². The number of hydrogen-bond donors (Lipinski definition) is 0. The van der Waals surface area contributed by atoms with E-state index in [9.17, 15) is 4.79 Å². The molecule has 1 unspecified atom stereocenters. The van der Waals surface area contributed by atoms with Crippen molar-refractivity contribution in [3.05, 3.63) is 0 Å². The van der Waals surface area contributed by atoms with Crippen molar-refractivity contribution in [1.29, 1.82) is 0 Å². The minimum Gasteiger partial charge on any atom is -0.448 e. The number of ether oxygens (including phenoxy) is 2. The molecule has 0 bridgehead atoms. The zero-order chi connectivity index (χ0) is 8.10. The zero-order valence-electron chi connectivity index (χ0n) is 5.92. The first kappa shape index (κ1) is 9.16. The normalized spacial score (nSPS) is 24.6. The van der Waals surface area contributed by atoms with E-state index in [2.05, 4.69) is 0 Å². The summed E-state index contributed by atoms with van der Waals surface area (Å²) in [6, 6.07) is 0. The predicted molar refractivity (Wildman–Crippen MR) is 43.9 cm³/mol. The van der Waals surface area contributed by atoms with Gasteiger partial charge in [0.2, 0.25) is 0 Å². The molecule has 1 fully saturated rings. The van der Waals surface area contributed by atoms with Crippen LogP contribution in [0.15, 0.2) is 0 Å². The summed E-state index contributed by atoms with van der Waals surface area (Å²) in [5, 5.41) is 0. The lowest BCUT2D eigenvalue weighted by molar-refractivity contribution is -0.144. The van der Waals surface area contributed by atoms with Crippen LogP contribution in [0.4, 0.5) is 0 Å². The second-order valence-corrected chi connectivity index (χ2v) is 3.53. The molecule has 1 atom stereocenters. The Bertz CT molecular complexity index is 136. The van der Waals surface area contributed by atoms with Crippen LogP contribution in [-0.4, -0.2) is 36.3 Å². The molecular formula is C6H9ClO3S. The zero-order valence-corrected chi connectivity index (χ0v) is 7.49. The highest BCUT2D eigenvalue weighted by Gasteiger charge is 2.17. The number of halogens is 1. The van der Waals surface area contributed by atoms with Crippen molar-refractivity contribution in [3.63, 3.8) is 0 Å². The molecule has 1 rings (SSSR count). The number of carbonyl (C=O) groups excluding carboxylic acids is 1. The molecule has 0 aromatic rings. The maximum Gasteiger partial charge on any atom is 0.322 e. The quantitative estimate of drug-likeness (QED) is 0.485. The molecule has 64 valence electrons. The van der Waals surface area contributed by atoms with Crippen molar-refractivity contribution in [1.82, 2.24) is 0 Å². The summed E-state index contributed by atoms with van der Waals surface area (Å²) < 4.78 is 9.99. The van der Waals surface area contributed by atoms with E-state index in [1.54, 1.807) is 11.8 Å². The lowest BCUT2D eigenvalue weighted by atomic mass is 10.7. The van der Waals surface area contributed by atoms with Crippen LogP contribution >= 0.6 is 23.4 Å². The van der Waals surface area contributed by atoms with E-state index < -0.39 is 0 Å². The van der Waals surface area contributed by atoms with Crippen LogP contribution in [0.5, 0.6) is 0 Å². The molecule has 0 radical (unpaired) electrons. The monoisotopic (exact) mass is 196 g/mol. The van der Waals surface area contributed by atoms with Gasteiger partial charge in [0.15, 0.2) is 5.44 Å². The van der Waals surface area contributed by atoms with Crippen molar-refractivity contribution in [3.8, 4) is 0 Å². The van der Waals surface area contributed by atoms with Gasteiger partial charge in [-0.25, -0.2) is 0 Å². The van der Waals surface area contributed by atoms with Crippen LogP contribution < -0.4 is 0 Å². The van der Waals surface area contributed by atoms with E-state index in [0.717, 1.165) is 12.4 Å². The highest BCUT2D eigenvalue weighted by atomic mass is 35.5. The van der Waals surface area contributed by atoms with Crippen molar-refractivity contribution in [2.75, 3.05) is 24.8 Å². The summed E-state index contributed by atoms with van der Waals surface area (Å²) in [6.07, 6.45) is 0. The minimum absolute atomic E-state index is 0.0862. The van der Waals surface area contributed by atoms with Crippen LogP contribution in [0.3, 0.4) is 0 Å². The first-order valence-corrected chi connectivity index (χ1v) is 4.86. The van der Waals surface area contributed by atoms with Gasteiger partial charge < -0.3 is 9.47 Å². The lowest BCUT2D eigenvalue weighted by Crippen LogP contribution is -2.26. The Kier molecular flexibility index (Phi) is 4.04. The van der Waals surface area contributed by atoms with E-state index in [1.165, 1.54) is 0 Å². The Labute approximate surface area is 74.4 Å². The summed E-state index contributed by atoms with van der Waals surface area (Å²) in [4.78, 5) is 10.7. The highest BCUT2D eigenvalue weighted by molar-refractivity contribution is 7.99. The molecule has 0 aromatic heterocycles. The molecule has 1 aliphatic heterocycles. The topological polar surface area (TPSA) is 35.5 Å². The fourth-order valence-electron chi connectivity index (χ4n) is 0.712. The van der Waals surface area contributed by atoms with E-state index in [4.69, 9.17) is 21.1 Å². The third kappa shape index (κ3) is 3.31. The molecule has 0 spiro atoms. The SMILES string of the molecule is O=C(CCl)OC1COCCS1. The number of thioether (sulfide) groups is 1. The van der Waals surface area contributed by atoms with E-state index in [0.29, 0.717) is 6.61 Å². The van der Waals surface area contributed by atoms with Gasteiger partial charge in [-0.2, -0.15) is 0 Å². The first-order chi connectivity index (χ1) is 5.33. The van der Waals surface area contributed by atoms with Crippen LogP contribution in [0.1, 0.15) is 0 Å². The summed E-state index contributed by atoms with van der Waals surface area (Å²) in [5.41, 5.74) is -0.157. The molecule has 0 amide bonds. The van der Waals surface area contributed by atoms with Crippen molar-refractivity contribution in [2.45, 2.75) is 5.44 Å². The van der Waals surface area contributed by atoms with E-state index in [-0.39, 0.29) is 17.3 Å². The second-order valence-electron chi connectivity index (χ2n) is 2.00. The van der Waals surface area contributed by atoms with E-state index >= 15 is 0 Å². The van der Waals surface area contributed by atoms with Gasteiger partial charge in [-0.05, 0) is 0 Å². The fraction of sp³-hybridized carbons (Fsp3) is 0.833. The molecular weight excluding hydrogens is 188 g/mol. The molecule has 11 heavy (non-hydrogen) atoms. The number of rotatable bonds is 2. The fourth-order valence-corrected chi connectivity index (χ4v) is 1.62. The Morgan fingerprint density at radius 2 is 2.64 bits per heavy atom. The standard InChI is InChI=1S/C6H9ClO3S/c7-3-5(8)10-6-4-9-1-2-11-6/h6H,1-4H2. The largest absolute Gasteiger partial charge is 0.448 e. The number of hydrogen-bond acceptors (Lipinski definition) is 4. The van der Waals surface area contributed by atoms with Crippen molar-refractivity contribution in [2.24, 2.45) is 0 Å². The predicted octanol–water partition coefficient (Wildman–Crippen LogP) is 0.858. The molecule has 3 nitrogen and oxygen atoms in total. The molecule has 0 aliphatic carbocycles. The Morgan fingerprint density at radius 3 is 3.18 bits per heavy atom. The summed E-state index contributed by atoms with van der Waals surface area (Å²) in [5.74, 6) is 0.409. The number of carbonyl (C=O) groups is 1. The van der Waals surface area contributed by atoms with Gasteiger partial charge >= 0.3 is 5.97 Å².